The van der Waals surface area contributed by atoms with Crippen LogP contribution in [0.3, 0.4) is 0 Å². The molecule has 1 aliphatic carbocycles. The Morgan fingerprint density at radius 1 is 1.65 bits per heavy atom. The number of carbonyl (C=O) groups excluding carboxylic acids is 1. The van der Waals surface area contributed by atoms with E-state index in [1.165, 1.54) is 5.57 Å². The van der Waals surface area contributed by atoms with Crippen LogP contribution in [0.4, 0.5) is 0 Å². The van der Waals surface area contributed by atoms with E-state index >= 15 is 0 Å². The van der Waals surface area contributed by atoms with Gasteiger partial charge in [0, 0.05) is 18.0 Å². The second-order valence-electron chi connectivity index (χ2n) is 4.22. The van der Waals surface area contributed by atoms with Crippen molar-refractivity contribution in [1.82, 2.24) is 4.98 Å². The summed E-state index contributed by atoms with van der Waals surface area (Å²) in [6.07, 6.45) is 7.67. The molecule has 17 heavy (non-hydrogen) atoms. The Labute approximate surface area is 106 Å². The smallest absolute Gasteiger partial charge is 0.306 e. The summed E-state index contributed by atoms with van der Waals surface area (Å²) in [7, 11) is 0. The van der Waals surface area contributed by atoms with Gasteiger partial charge in [0.1, 0.15) is 5.01 Å². The van der Waals surface area contributed by atoms with E-state index in [9.17, 15) is 4.79 Å². The molecule has 92 valence electrons. The maximum Gasteiger partial charge on any atom is 0.306 e. The number of rotatable bonds is 4. The third-order valence-corrected chi connectivity index (χ3v) is 3.84. The van der Waals surface area contributed by atoms with E-state index in [-0.39, 0.29) is 5.97 Å². The molecule has 3 nitrogen and oxygen atoms in total. The summed E-state index contributed by atoms with van der Waals surface area (Å²) in [4.78, 5) is 15.7. The van der Waals surface area contributed by atoms with Crippen molar-refractivity contribution in [2.24, 2.45) is 5.92 Å². The number of carbonyl (C=O) groups is 1. The van der Waals surface area contributed by atoms with Gasteiger partial charge in [-0.3, -0.25) is 4.79 Å². The highest BCUT2D eigenvalue weighted by Crippen LogP contribution is 2.32. The van der Waals surface area contributed by atoms with Crippen molar-refractivity contribution in [2.75, 3.05) is 6.61 Å². The molecule has 2 rings (SSSR count). The van der Waals surface area contributed by atoms with Crippen LogP contribution in [0.25, 0.3) is 5.57 Å². The molecular formula is C13H17NO2S. The zero-order chi connectivity index (χ0) is 12.1. The lowest BCUT2D eigenvalue weighted by molar-refractivity contribution is -0.144. The minimum Gasteiger partial charge on any atom is -0.466 e. The van der Waals surface area contributed by atoms with E-state index in [4.69, 9.17) is 4.74 Å². The summed E-state index contributed by atoms with van der Waals surface area (Å²) in [5.74, 6) is 0.376. The van der Waals surface area contributed by atoms with Crippen LogP contribution < -0.4 is 0 Å². The lowest BCUT2D eigenvalue weighted by Crippen LogP contribution is -2.13. The molecule has 0 radical (unpaired) electrons. The van der Waals surface area contributed by atoms with E-state index < -0.39 is 0 Å². The summed E-state index contributed by atoms with van der Waals surface area (Å²) in [6.45, 7) is 2.32. The van der Waals surface area contributed by atoms with Crippen molar-refractivity contribution in [3.63, 3.8) is 0 Å². The molecule has 0 amide bonds. The molecular weight excluding hydrogens is 234 g/mol. The molecule has 1 heterocycles. The van der Waals surface area contributed by atoms with Gasteiger partial charge in [0.15, 0.2) is 0 Å². The lowest BCUT2D eigenvalue weighted by Gasteiger charge is -2.20. The molecule has 1 unspecified atom stereocenters. The monoisotopic (exact) mass is 251 g/mol. The van der Waals surface area contributed by atoms with Crippen LogP contribution in [0.2, 0.25) is 0 Å². The van der Waals surface area contributed by atoms with Gasteiger partial charge >= 0.3 is 5.97 Å². The highest BCUT2D eigenvalue weighted by Gasteiger charge is 2.19. The van der Waals surface area contributed by atoms with Gasteiger partial charge < -0.3 is 4.74 Å². The van der Waals surface area contributed by atoms with Gasteiger partial charge in [-0.1, -0.05) is 6.08 Å². The third kappa shape index (κ3) is 3.40. The summed E-state index contributed by atoms with van der Waals surface area (Å²) in [6, 6.07) is 0. The van der Waals surface area contributed by atoms with E-state index in [1.54, 1.807) is 11.3 Å². The molecule has 0 spiro atoms. The molecule has 0 N–H and O–H groups in total. The molecule has 0 aliphatic heterocycles. The fraction of sp³-hybridized carbons (Fsp3) is 0.538. The zero-order valence-corrected chi connectivity index (χ0v) is 10.8. The van der Waals surface area contributed by atoms with Gasteiger partial charge in [0.2, 0.25) is 0 Å². The van der Waals surface area contributed by atoms with E-state index in [0.29, 0.717) is 18.9 Å². The Kier molecular flexibility index (Phi) is 4.31. The van der Waals surface area contributed by atoms with Crippen molar-refractivity contribution in [1.29, 1.82) is 0 Å². The second kappa shape index (κ2) is 5.96. The van der Waals surface area contributed by atoms with E-state index in [1.807, 2.05) is 18.5 Å². The number of hydrogen-bond donors (Lipinski definition) is 0. The standard InChI is InChI=1S/C13H17NO2S/c1-2-16-12(15)9-10-3-5-11(6-4-10)13-14-7-8-17-13/h5,7-8,10H,2-4,6,9H2,1H3. The molecule has 0 fully saturated rings. The third-order valence-electron chi connectivity index (χ3n) is 2.99. The number of thiazole rings is 1. The molecule has 1 aliphatic rings. The van der Waals surface area contributed by atoms with E-state index in [2.05, 4.69) is 11.1 Å². The zero-order valence-electron chi connectivity index (χ0n) is 10.0. The normalized spacial score (nSPS) is 19.8. The van der Waals surface area contributed by atoms with E-state index in [0.717, 1.165) is 24.3 Å². The van der Waals surface area contributed by atoms with Crippen LogP contribution in [-0.4, -0.2) is 17.6 Å². The van der Waals surface area contributed by atoms with Crippen LogP contribution >= 0.6 is 11.3 Å². The predicted octanol–water partition coefficient (Wildman–Crippen LogP) is 3.28. The first-order valence-electron chi connectivity index (χ1n) is 6.04. The van der Waals surface area contributed by atoms with Crippen LogP contribution in [0.15, 0.2) is 17.7 Å². The fourth-order valence-corrected chi connectivity index (χ4v) is 2.81. The number of ether oxygens (including phenoxy) is 1. The highest BCUT2D eigenvalue weighted by molar-refractivity contribution is 7.10. The average molecular weight is 251 g/mol. The Balaban J connectivity index is 1.87. The Bertz CT molecular complexity index is 398. The van der Waals surface area contributed by atoms with Gasteiger partial charge in [-0.05, 0) is 37.7 Å². The highest BCUT2D eigenvalue weighted by atomic mass is 32.1. The first-order valence-corrected chi connectivity index (χ1v) is 6.92. The molecule has 1 aromatic rings. The molecule has 0 saturated heterocycles. The number of aromatic nitrogens is 1. The van der Waals surface area contributed by atoms with Crippen molar-refractivity contribution in [3.8, 4) is 0 Å². The minimum atomic E-state index is -0.0661. The lowest BCUT2D eigenvalue weighted by atomic mass is 9.87. The summed E-state index contributed by atoms with van der Waals surface area (Å²) in [5, 5.41) is 3.13. The van der Waals surface area contributed by atoms with Gasteiger partial charge in [-0.2, -0.15) is 0 Å². The van der Waals surface area contributed by atoms with Gasteiger partial charge in [-0.25, -0.2) is 4.98 Å². The topological polar surface area (TPSA) is 39.2 Å². The van der Waals surface area contributed by atoms with Crippen LogP contribution in [0.1, 0.15) is 37.6 Å². The van der Waals surface area contributed by atoms with Gasteiger partial charge in [0.05, 0.1) is 6.61 Å². The summed E-state index contributed by atoms with van der Waals surface area (Å²) >= 11 is 1.68. The molecule has 0 bridgehead atoms. The maximum absolute atomic E-state index is 11.4. The predicted molar refractivity (Wildman–Crippen MR) is 68.7 cm³/mol. The van der Waals surface area contributed by atoms with Gasteiger partial charge in [-0.15, -0.1) is 11.3 Å². The molecule has 1 aromatic heterocycles. The van der Waals surface area contributed by atoms with Crippen molar-refractivity contribution in [2.45, 2.75) is 32.6 Å². The van der Waals surface area contributed by atoms with Gasteiger partial charge in [0.25, 0.3) is 0 Å². The van der Waals surface area contributed by atoms with Crippen molar-refractivity contribution < 1.29 is 9.53 Å². The summed E-state index contributed by atoms with van der Waals surface area (Å²) in [5.41, 5.74) is 1.33. The molecule has 1 atom stereocenters. The quantitative estimate of drug-likeness (QED) is 0.771. The first kappa shape index (κ1) is 12.3. The largest absolute Gasteiger partial charge is 0.466 e. The molecule has 0 saturated carbocycles. The van der Waals surface area contributed by atoms with Crippen molar-refractivity contribution >= 4 is 22.9 Å². The number of hydrogen-bond acceptors (Lipinski definition) is 4. The average Bonchev–Trinajstić information content (AvgIpc) is 2.84. The Morgan fingerprint density at radius 2 is 2.53 bits per heavy atom. The van der Waals surface area contributed by atoms with Crippen LogP contribution in [0.5, 0.6) is 0 Å². The number of allylic oxidation sites excluding steroid dienone is 2. The number of nitrogens with zero attached hydrogens (tertiary/aromatic N) is 1. The number of esters is 1. The fourth-order valence-electron chi connectivity index (χ4n) is 2.11. The van der Waals surface area contributed by atoms with Crippen LogP contribution in [0, 0.1) is 5.92 Å². The Hall–Kier alpha value is -1.16. The second-order valence-corrected chi connectivity index (χ2v) is 5.11. The molecule has 0 aromatic carbocycles. The Morgan fingerprint density at radius 3 is 3.12 bits per heavy atom. The first-order chi connectivity index (χ1) is 8.29. The SMILES string of the molecule is CCOC(=O)CC1CC=C(c2nccs2)CC1. The molecule has 4 heteroatoms. The van der Waals surface area contributed by atoms with Crippen molar-refractivity contribution in [3.05, 3.63) is 22.7 Å². The maximum atomic E-state index is 11.4. The minimum absolute atomic E-state index is 0.0661. The van der Waals surface area contributed by atoms with Crippen LogP contribution in [-0.2, 0) is 9.53 Å². The summed E-state index contributed by atoms with van der Waals surface area (Å²) < 4.78 is 4.97.